The fourth-order valence-corrected chi connectivity index (χ4v) is 4.90. The summed E-state index contributed by atoms with van der Waals surface area (Å²) in [6.07, 6.45) is 0.960. The summed E-state index contributed by atoms with van der Waals surface area (Å²) in [7, 11) is 1.61. The Balaban J connectivity index is 1.66. The number of amides is 2. The van der Waals surface area contributed by atoms with Crippen molar-refractivity contribution in [3.8, 4) is 0 Å². The van der Waals surface area contributed by atoms with Crippen molar-refractivity contribution in [2.75, 3.05) is 19.0 Å². The van der Waals surface area contributed by atoms with Gasteiger partial charge in [-0.1, -0.05) is 32.0 Å². The average molecular weight is 426 g/mol. The van der Waals surface area contributed by atoms with Gasteiger partial charge in [0.2, 0.25) is 0 Å². The monoisotopic (exact) mass is 426 g/mol. The topological polar surface area (TPSA) is 78.9 Å². The number of halogens is 1. The number of anilines is 1. The van der Waals surface area contributed by atoms with E-state index in [-0.39, 0.29) is 17.8 Å². The molecule has 2 aliphatic rings. The minimum atomic E-state index is -1.16. The van der Waals surface area contributed by atoms with E-state index >= 15 is 0 Å². The smallest absolute Gasteiger partial charge is 0.408 e. The van der Waals surface area contributed by atoms with Crippen LogP contribution in [0.15, 0.2) is 30.3 Å². The Bertz CT molecular complexity index is 1050. The molecule has 1 heterocycles. The normalized spacial score (nSPS) is 19.0. The number of carbonyl (C=O) groups excluding carboxylic acids is 1. The maximum atomic E-state index is 14.8. The van der Waals surface area contributed by atoms with Crippen LogP contribution < -0.4 is 5.32 Å². The van der Waals surface area contributed by atoms with Gasteiger partial charge in [0.25, 0.3) is 5.91 Å². The van der Waals surface area contributed by atoms with Gasteiger partial charge >= 0.3 is 6.09 Å². The lowest BCUT2D eigenvalue weighted by molar-refractivity contribution is -0.121. The highest BCUT2D eigenvalue weighted by molar-refractivity contribution is 5.97. The van der Waals surface area contributed by atoms with E-state index in [1.807, 2.05) is 32.0 Å². The highest BCUT2D eigenvalue weighted by Crippen LogP contribution is 2.41. The second kappa shape index (κ2) is 7.96. The molecule has 7 heteroatoms. The molecule has 0 aromatic heterocycles. The van der Waals surface area contributed by atoms with E-state index in [9.17, 15) is 19.1 Å². The van der Waals surface area contributed by atoms with Crippen molar-refractivity contribution in [1.29, 1.82) is 0 Å². The van der Waals surface area contributed by atoms with Crippen molar-refractivity contribution in [3.63, 3.8) is 0 Å². The van der Waals surface area contributed by atoms with Gasteiger partial charge in [-0.3, -0.25) is 9.69 Å². The Labute approximate surface area is 181 Å². The molecule has 0 fully saturated rings. The average Bonchev–Trinajstić information content (AvgIpc) is 3.01. The van der Waals surface area contributed by atoms with Gasteiger partial charge in [-0.2, -0.15) is 0 Å². The van der Waals surface area contributed by atoms with E-state index in [4.69, 9.17) is 4.74 Å². The predicted octanol–water partition coefficient (Wildman–Crippen LogP) is 4.41. The van der Waals surface area contributed by atoms with Crippen LogP contribution in [0.25, 0.3) is 0 Å². The van der Waals surface area contributed by atoms with Crippen LogP contribution in [-0.2, 0) is 34.4 Å². The Kier molecular flexibility index (Phi) is 5.47. The lowest BCUT2D eigenvalue weighted by Crippen LogP contribution is -2.44. The fraction of sp³-hybridized carbons (Fsp3) is 0.417. The largest absolute Gasteiger partial charge is 0.465 e. The number of carboxylic acid groups (broad SMARTS) is 1. The fourth-order valence-electron chi connectivity index (χ4n) is 4.90. The number of aryl methyl sites for hydroxylation is 1. The highest BCUT2D eigenvalue weighted by atomic mass is 19.1. The maximum absolute atomic E-state index is 14.8. The van der Waals surface area contributed by atoms with Gasteiger partial charge < -0.3 is 15.2 Å². The summed E-state index contributed by atoms with van der Waals surface area (Å²) in [6, 6.07) is 7.72. The summed E-state index contributed by atoms with van der Waals surface area (Å²) >= 11 is 0. The van der Waals surface area contributed by atoms with Crippen LogP contribution in [0.3, 0.4) is 0 Å². The number of hydrogen-bond donors (Lipinski definition) is 2. The number of fused-ring (bicyclic) bond motifs is 2. The molecule has 31 heavy (non-hydrogen) atoms. The van der Waals surface area contributed by atoms with Crippen LogP contribution in [0, 0.1) is 5.82 Å². The number of nitrogens with zero attached hydrogens (tertiary/aromatic N) is 1. The van der Waals surface area contributed by atoms with Crippen molar-refractivity contribution < 1.29 is 23.8 Å². The molecule has 0 saturated heterocycles. The van der Waals surface area contributed by atoms with E-state index in [1.165, 1.54) is 6.07 Å². The summed E-state index contributed by atoms with van der Waals surface area (Å²) in [5.41, 5.74) is 4.25. The molecule has 0 saturated carbocycles. The molecule has 2 N–H and O–H groups in total. The molecule has 0 radical (unpaired) electrons. The number of ether oxygens (including phenoxy) is 1. The molecule has 1 aliphatic heterocycles. The summed E-state index contributed by atoms with van der Waals surface area (Å²) in [5, 5.41) is 12.4. The third-order valence-corrected chi connectivity index (χ3v) is 6.38. The molecule has 0 spiro atoms. The molecule has 4 rings (SSSR count). The first kappa shape index (κ1) is 21.3. The van der Waals surface area contributed by atoms with Crippen molar-refractivity contribution in [3.05, 3.63) is 64.0 Å². The lowest BCUT2D eigenvalue weighted by Gasteiger charge is -2.34. The molecule has 2 aromatic carbocycles. The van der Waals surface area contributed by atoms with Gasteiger partial charge in [-0.25, -0.2) is 9.18 Å². The Morgan fingerprint density at radius 3 is 2.71 bits per heavy atom. The third kappa shape index (κ3) is 3.90. The van der Waals surface area contributed by atoms with Gasteiger partial charge in [-0.15, -0.1) is 0 Å². The van der Waals surface area contributed by atoms with Crippen molar-refractivity contribution >= 4 is 17.7 Å². The first-order valence-corrected chi connectivity index (χ1v) is 10.5. The molecule has 164 valence electrons. The number of methoxy groups -OCH3 is 1. The molecule has 0 bridgehead atoms. The molecular formula is C24H27FN2O4. The van der Waals surface area contributed by atoms with E-state index in [0.717, 1.165) is 34.4 Å². The van der Waals surface area contributed by atoms with Crippen LogP contribution in [-0.4, -0.2) is 35.7 Å². The second-order valence-corrected chi connectivity index (χ2v) is 8.96. The molecular weight excluding hydrogens is 399 g/mol. The standard InChI is InChI=1S/C24H27FN2O4/c1-24(2)8-6-16-11-17(12-19(25)20(16)24)26-22(28)21-18-5-4-14(13-31-3)10-15(18)7-9-27(21)23(29)30/h4-5,10-12,21H,6-9,13H2,1-3H3,(H,26,28)(H,29,30)/t21-/m1/s1. The Morgan fingerprint density at radius 2 is 2.00 bits per heavy atom. The zero-order valence-electron chi connectivity index (χ0n) is 18.0. The van der Waals surface area contributed by atoms with Gasteiger partial charge in [0.05, 0.1) is 6.61 Å². The maximum Gasteiger partial charge on any atom is 0.408 e. The minimum Gasteiger partial charge on any atom is -0.465 e. The SMILES string of the molecule is COCc1ccc2c(c1)CCN(C(=O)O)[C@H]2C(=O)Nc1cc(F)c2c(c1)CCC2(C)C. The molecule has 2 amide bonds. The molecule has 6 nitrogen and oxygen atoms in total. The number of hydrogen-bond acceptors (Lipinski definition) is 3. The lowest BCUT2D eigenvalue weighted by atomic mass is 9.86. The van der Waals surface area contributed by atoms with Crippen LogP contribution in [0.2, 0.25) is 0 Å². The zero-order chi connectivity index (χ0) is 22.3. The summed E-state index contributed by atoms with van der Waals surface area (Å²) in [4.78, 5) is 26.2. The third-order valence-electron chi connectivity index (χ3n) is 6.38. The summed E-state index contributed by atoms with van der Waals surface area (Å²) < 4.78 is 20.0. The molecule has 2 aromatic rings. The van der Waals surface area contributed by atoms with Gasteiger partial charge in [0.1, 0.15) is 11.9 Å². The highest BCUT2D eigenvalue weighted by Gasteiger charge is 2.37. The van der Waals surface area contributed by atoms with Gasteiger partial charge in [-0.05, 0) is 64.6 Å². The van der Waals surface area contributed by atoms with E-state index in [0.29, 0.717) is 29.8 Å². The number of benzene rings is 2. The number of carbonyl (C=O) groups is 2. The number of rotatable bonds is 4. The first-order chi connectivity index (χ1) is 14.7. The van der Waals surface area contributed by atoms with E-state index in [2.05, 4.69) is 5.32 Å². The zero-order valence-corrected chi connectivity index (χ0v) is 18.0. The van der Waals surface area contributed by atoms with Crippen LogP contribution in [0.5, 0.6) is 0 Å². The van der Waals surface area contributed by atoms with E-state index < -0.39 is 18.0 Å². The molecule has 0 unspecified atom stereocenters. The second-order valence-electron chi connectivity index (χ2n) is 8.96. The molecule has 1 atom stereocenters. The van der Waals surface area contributed by atoms with Crippen LogP contribution >= 0.6 is 0 Å². The van der Waals surface area contributed by atoms with Gasteiger partial charge in [0.15, 0.2) is 0 Å². The summed E-state index contributed by atoms with van der Waals surface area (Å²) in [5.74, 6) is -0.821. The quantitative estimate of drug-likeness (QED) is 0.759. The molecule has 1 aliphatic carbocycles. The van der Waals surface area contributed by atoms with Crippen LogP contribution in [0.4, 0.5) is 14.9 Å². The summed E-state index contributed by atoms with van der Waals surface area (Å²) in [6.45, 7) is 4.69. The van der Waals surface area contributed by atoms with Crippen molar-refractivity contribution in [2.24, 2.45) is 0 Å². The number of nitrogens with one attached hydrogen (secondary N) is 1. The Morgan fingerprint density at radius 1 is 1.23 bits per heavy atom. The van der Waals surface area contributed by atoms with E-state index in [1.54, 1.807) is 13.2 Å². The van der Waals surface area contributed by atoms with Crippen molar-refractivity contribution in [2.45, 2.75) is 51.2 Å². The van der Waals surface area contributed by atoms with Gasteiger partial charge in [0, 0.05) is 19.3 Å². The Hall–Kier alpha value is -2.93. The first-order valence-electron chi connectivity index (χ1n) is 10.5. The van der Waals surface area contributed by atoms with Crippen LogP contribution in [0.1, 0.15) is 54.1 Å². The minimum absolute atomic E-state index is 0.212. The predicted molar refractivity (Wildman–Crippen MR) is 115 cm³/mol. The van der Waals surface area contributed by atoms with Crippen molar-refractivity contribution in [1.82, 2.24) is 4.90 Å².